The normalized spacial score (nSPS) is 12.7. The molecule has 0 fully saturated rings. The third-order valence-corrected chi connectivity index (χ3v) is 4.16. The first-order chi connectivity index (χ1) is 11.2. The zero-order valence-corrected chi connectivity index (χ0v) is 14.2. The Morgan fingerprint density at radius 2 is 2.17 bits per heavy atom. The van der Waals surface area contributed by atoms with Crippen molar-refractivity contribution in [2.24, 2.45) is 4.99 Å². The van der Waals surface area contributed by atoms with Crippen molar-refractivity contribution in [3.63, 3.8) is 0 Å². The number of halogens is 1. The molecule has 0 radical (unpaired) electrons. The number of aliphatic imine (C=N–C) groups is 1. The SMILES string of the molecule is CCC(CNC(=NC)NCc1cccs1)Oc1cccc(F)c1. The number of thiophene rings is 1. The van der Waals surface area contributed by atoms with E-state index in [2.05, 4.69) is 21.7 Å². The summed E-state index contributed by atoms with van der Waals surface area (Å²) in [5.41, 5.74) is 0. The monoisotopic (exact) mass is 335 g/mol. The second kappa shape index (κ2) is 9.15. The Balaban J connectivity index is 1.81. The maximum atomic E-state index is 13.2. The van der Waals surface area contributed by atoms with Gasteiger partial charge in [0, 0.05) is 18.0 Å². The van der Waals surface area contributed by atoms with Crippen LogP contribution in [0, 0.1) is 5.82 Å². The number of hydrogen-bond donors (Lipinski definition) is 2. The van der Waals surface area contributed by atoms with Gasteiger partial charge in [0.1, 0.15) is 17.7 Å². The fourth-order valence-corrected chi connectivity index (χ4v) is 2.66. The van der Waals surface area contributed by atoms with E-state index < -0.39 is 0 Å². The molecule has 1 aromatic carbocycles. The smallest absolute Gasteiger partial charge is 0.191 e. The van der Waals surface area contributed by atoms with Crippen molar-refractivity contribution < 1.29 is 9.13 Å². The number of hydrogen-bond acceptors (Lipinski definition) is 3. The molecule has 1 unspecified atom stereocenters. The highest BCUT2D eigenvalue weighted by molar-refractivity contribution is 7.09. The molecule has 2 rings (SSSR count). The van der Waals surface area contributed by atoms with Crippen molar-refractivity contribution in [3.05, 3.63) is 52.5 Å². The second-order valence-corrected chi connectivity index (χ2v) is 6.02. The third kappa shape index (κ3) is 5.90. The molecule has 1 atom stereocenters. The molecule has 4 nitrogen and oxygen atoms in total. The Hall–Kier alpha value is -2.08. The van der Waals surface area contributed by atoms with Gasteiger partial charge in [-0.3, -0.25) is 4.99 Å². The van der Waals surface area contributed by atoms with Gasteiger partial charge in [-0.1, -0.05) is 19.1 Å². The molecule has 1 heterocycles. The van der Waals surface area contributed by atoms with Crippen molar-refractivity contribution in [2.45, 2.75) is 26.0 Å². The minimum Gasteiger partial charge on any atom is -0.489 e. The summed E-state index contributed by atoms with van der Waals surface area (Å²) in [7, 11) is 1.73. The van der Waals surface area contributed by atoms with Crippen LogP contribution in [0.2, 0.25) is 0 Å². The summed E-state index contributed by atoms with van der Waals surface area (Å²) in [4.78, 5) is 5.44. The Labute approximate surface area is 140 Å². The standard InChI is InChI=1S/C17H22FN3OS/c1-3-14(22-15-7-4-6-13(18)10-15)11-20-17(19-2)21-12-16-8-5-9-23-16/h4-10,14H,3,11-12H2,1-2H3,(H2,19,20,21). The number of ether oxygens (including phenoxy) is 1. The van der Waals surface area contributed by atoms with Crippen LogP contribution in [0.5, 0.6) is 5.75 Å². The lowest BCUT2D eigenvalue weighted by molar-refractivity contribution is 0.199. The first-order valence-electron chi connectivity index (χ1n) is 7.60. The van der Waals surface area contributed by atoms with Gasteiger partial charge in [0.05, 0.1) is 13.1 Å². The van der Waals surface area contributed by atoms with E-state index in [1.165, 1.54) is 17.0 Å². The molecular formula is C17H22FN3OS. The lowest BCUT2D eigenvalue weighted by atomic mass is 10.2. The molecule has 0 saturated heterocycles. The van der Waals surface area contributed by atoms with Crippen molar-refractivity contribution in [2.75, 3.05) is 13.6 Å². The van der Waals surface area contributed by atoms with Crippen LogP contribution in [-0.4, -0.2) is 25.7 Å². The summed E-state index contributed by atoms with van der Waals surface area (Å²) >= 11 is 1.70. The fraction of sp³-hybridized carbons (Fsp3) is 0.353. The summed E-state index contributed by atoms with van der Waals surface area (Å²) in [5, 5.41) is 8.55. The maximum Gasteiger partial charge on any atom is 0.191 e. The molecule has 0 aliphatic carbocycles. The van der Waals surface area contributed by atoms with Crippen molar-refractivity contribution in [3.8, 4) is 5.75 Å². The predicted molar refractivity (Wildman–Crippen MR) is 93.6 cm³/mol. The minimum absolute atomic E-state index is 0.0583. The van der Waals surface area contributed by atoms with E-state index in [4.69, 9.17) is 4.74 Å². The zero-order chi connectivity index (χ0) is 16.5. The van der Waals surface area contributed by atoms with Gasteiger partial charge in [-0.15, -0.1) is 11.3 Å². The van der Waals surface area contributed by atoms with E-state index in [0.29, 0.717) is 12.3 Å². The molecule has 1 aromatic heterocycles. The van der Waals surface area contributed by atoms with Crippen LogP contribution in [0.3, 0.4) is 0 Å². The van der Waals surface area contributed by atoms with Gasteiger partial charge < -0.3 is 15.4 Å². The van der Waals surface area contributed by atoms with Crippen LogP contribution in [0.4, 0.5) is 4.39 Å². The van der Waals surface area contributed by atoms with Gasteiger partial charge in [0.15, 0.2) is 5.96 Å². The van der Waals surface area contributed by atoms with Crippen LogP contribution < -0.4 is 15.4 Å². The van der Waals surface area contributed by atoms with Gasteiger partial charge in [0.2, 0.25) is 0 Å². The van der Waals surface area contributed by atoms with Gasteiger partial charge >= 0.3 is 0 Å². The molecule has 0 saturated carbocycles. The summed E-state index contributed by atoms with van der Waals surface area (Å²) in [6, 6.07) is 10.3. The Kier molecular flexibility index (Phi) is 6.87. The summed E-state index contributed by atoms with van der Waals surface area (Å²) in [6.45, 7) is 3.36. The first kappa shape index (κ1) is 17.3. The Bertz CT molecular complexity index is 616. The van der Waals surface area contributed by atoms with E-state index in [1.54, 1.807) is 30.5 Å². The molecular weight excluding hydrogens is 313 g/mol. The average Bonchev–Trinajstić information content (AvgIpc) is 3.07. The maximum absolute atomic E-state index is 13.2. The molecule has 6 heteroatoms. The van der Waals surface area contributed by atoms with E-state index in [9.17, 15) is 4.39 Å². The largest absolute Gasteiger partial charge is 0.489 e. The molecule has 0 spiro atoms. The fourth-order valence-electron chi connectivity index (χ4n) is 2.02. The number of nitrogens with zero attached hydrogens (tertiary/aromatic N) is 1. The van der Waals surface area contributed by atoms with Crippen molar-refractivity contribution in [1.29, 1.82) is 0 Å². The summed E-state index contributed by atoms with van der Waals surface area (Å²) in [5.74, 6) is 0.971. The quantitative estimate of drug-likeness (QED) is 0.602. The van der Waals surface area contributed by atoms with Crippen LogP contribution in [0.1, 0.15) is 18.2 Å². The molecule has 0 aliphatic heterocycles. The van der Waals surface area contributed by atoms with Gasteiger partial charge in [-0.25, -0.2) is 4.39 Å². The van der Waals surface area contributed by atoms with Crippen LogP contribution in [0.25, 0.3) is 0 Å². The highest BCUT2D eigenvalue weighted by Gasteiger charge is 2.10. The Morgan fingerprint density at radius 1 is 1.30 bits per heavy atom. The Morgan fingerprint density at radius 3 is 2.83 bits per heavy atom. The van der Waals surface area contributed by atoms with Gasteiger partial charge in [0.25, 0.3) is 0 Å². The molecule has 23 heavy (non-hydrogen) atoms. The number of benzene rings is 1. The number of nitrogens with one attached hydrogen (secondary N) is 2. The highest BCUT2D eigenvalue weighted by atomic mass is 32.1. The van der Waals surface area contributed by atoms with E-state index >= 15 is 0 Å². The molecule has 2 N–H and O–H groups in total. The second-order valence-electron chi connectivity index (χ2n) is 4.99. The van der Waals surface area contributed by atoms with E-state index in [0.717, 1.165) is 18.9 Å². The van der Waals surface area contributed by atoms with Gasteiger partial charge in [-0.05, 0) is 30.0 Å². The molecule has 0 bridgehead atoms. The lowest BCUT2D eigenvalue weighted by Gasteiger charge is -2.20. The summed E-state index contributed by atoms with van der Waals surface area (Å²) < 4.78 is 19.0. The minimum atomic E-state index is -0.293. The summed E-state index contributed by atoms with van der Waals surface area (Å²) in [6.07, 6.45) is 0.753. The van der Waals surface area contributed by atoms with Crippen LogP contribution >= 0.6 is 11.3 Å². The van der Waals surface area contributed by atoms with Crippen LogP contribution in [0.15, 0.2) is 46.8 Å². The molecule has 0 aliphatic rings. The van der Waals surface area contributed by atoms with Crippen LogP contribution in [-0.2, 0) is 6.54 Å². The molecule has 0 amide bonds. The predicted octanol–water partition coefficient (Wildman–Crippen LogP) is 3.41. The van der Waals surface area contributed by atoms with Crippen molar-refractivity contribution >= 4 is 17.3 Å². The van der Waals surface area contributed by atoms with Crippen molar-refractivity contribution in [1.82, 2.24) is 10.6 Å². The van der Waals surface area contributed by atoms with Gasteiger partial charge in [-0.2, -0.15) is 0 Å². The highest BCUT2D eigenvalue weighted by Crippen LogP contribution is 2.14. The number of rotatable bonds is 7. The average molecular weight is 335 g/mol. The zero-order valence-electron chi connectivity index (χ0n) is 13.4. The lowest BCUT2D eigenvalue weighted by Crippen LogP contribution is -2.42. The molecule has 2 aromatic rings. The number of guanidine groups is 1. The molecule has 124 valence electrons. The first-order valence-corrected chi connectivity index (χ1v) is 8.48. The van der Waals surface area contributed by atoms with E-state index in [1.807, 2.05) is 18.4 Å². The van der Waals surface area contributed by atoms with E-state index in [-0.39, 0.29) is 11.9 Å². The third-order valence-electron chi connectivity index (χ3n) is 3.29. The topological polar surface area (TPSA) is 45.7 Å².